The Morgan fingerprint density at radius 3 is 2.39 bits per heavy atom. The van der Waals surface area contributed by atoms with Crippen LogP contribution in [0.5, 0.6) is 11.5 Å². The van der Waals surface area contributed by atoms with Crippen LogP contribution >= 0.6 is 0 Å². The highest BCUT2D eigenvalue weighted by Crippen LogP contribution is 2.27. The summed E-state index contributed by atoms with van der Waals surface area (Å²) in [7, 11) is 0. The van der Waals surface area contributed by atoms with Gasteiger partial charge in [0.05, 0.1) is 12.2 Å². The maximum atomic E-state index is 13.9. The molecule has 0 aliphatic heterocycles. The Balaban J connectivity index is 1.45. The molecule has 182 valence electrons. The summed E-state index contributed by atoms with van der Waals surface area (Å²) in [4.78, 5) is 29.4. The lowest BCUT2D eigenvalue weighted by atomic mass is 9.98. The second-order valence-electron chi connectivity index (χ2n) is 8.14. The highest BCUT2D eigenvalue weighted by Gasteiger charge is 2.21. The van der Waals surface area contributed by atoms with Gasteiger partial charge >= 0.3 is 11.8 Å². The molecule has 0 aliphatic rings. The first-order chi connectivity index (χ1) is 17.4. The Morgan fingerprint density at radius 1 is 0.917 bits per heavy atom. The number of hydrogen-bond acceptors (Lipinski definition) is 4. The second-order valence-corrected chi connectivity index (χ2v) is 8.14. The summed E-state index contributed by atoms with van der Waals surface area (Å²) in [6.07, 6.45) is 3.39. The molecular formula is C28H23F2N3O3. The van der Waals surface area contributed by atoms with Crippen LogP contribution < -0.4 is 15.4 Å². The number of ether oxygens (including phenoxy) is 1. The van der Waals surface area contributed by atoms with E-state index in [1.807, 2.05) is 0 Å². The van der Waals surface area contributed by atoms with E-state index in [1.165, 1.54) is 30.3 Å². The van der Waals surface area contributed by atoms with Crippen molar-refractivity contribution in [3.05, 3.63) is 120 Å². The average molecular weight is 488 g/mol. The number of benzene rings is 3. The summed E-state index contributed by atoms with van der Waals surface area (Å²) in [5.74, 6) is -1.57. The molecule has 6 nitrogen and oxygen atoms in total. The molecule has 8 heteroatoms. The number of carbonyl (C=O) groups excluding carboxylic acids is 2. The Bertz CT molecular complexity index is 1380. The van der Waals surface area contributed by atoms with Gasteiger partial charge in [-0.15, -0.1) is 0 Å². The van der Waals surface area contributed by atoms with Crippen molar-refractivity contribution >= 4 is 17.5 Å². The third-order valence-corrected chi connectivity index (χ3v) is 5.39. The fourth-order valence-electron chi connectivity index (χ4n) is 3.66. The van der Waals surface area contributed by atoms with Crippen LogP contribution in [0.3, 0.4) is 0 Å². The minimum Gasteiger partial charge on any atom is -0.455 e. The fourth-order valence-corrected chi connectivity index (χ4v) is 3.66. The van der Waals surface area contributed by atoms with Gasteiger partial charge in [-0.3, -0.25) is 14.6 Å². The summed E-state index contributed by atoms with van der Waals surface area (Å²) in [5.41, 5.74) is 2.18. The van der Waals surface area contributed by atoms with E-state index in [2.05, 4.69) is 15.6 Å². The number of aromatic nitrogens is 1. The lowest BCUT2D eigenvalue weighted by Gasteiger charge is -2.19. The van der Waals surface area contributed by atoms with Crippen molar-refractivity contribution in [2.24, 2.45) is 0 Å². The van der Waals surface area contributed by atoms with E-state index < -0.39 is 29.5 Å². The molecule has 1 aromatic heterocycles. The summed E-state index contributed by atoms with van der Waals surface area (Å²) in [6, 6.07) is 19.3. The summed E-state index contributed by atoms with van der Waals surface area (Å²) in [5, 5.41) is 5.20. The van der Waals surface area contributed by atoms with Gasteiger partial charge in [0, 0.05) is 11.9 Å². The first-order valence-corrected chi connectivity index (χ1v) is 11.2. The Labute approximate surface area is 207 Å². The minimum atomic E-state index is -0.908. The average Bonchev–Trinajstić information content (AvgIpc) is 2.86. The van der Waals surface area contributed by atoms with E-state index in [0.29, 0.717) is 28.3 Å². The predicted octanol–water partition coefficient (Wildman–Crippen LogP) is 5.50. The van der Waals surface area contributed by atoms with Crippen molar-refractivity contribution in [2.75, 3.05) is 5.32 Å². The summed E-state index contributed by atoms with van der Waals surface area (Å²) < 4.78 is 33.3. The van der Waals surface area contributed by atoms with Crippen LogP contribution in [0, 0.1) is 18.6 Å². The van der Waals surface area contributed by atoms with Crippen molar-refractivity contribution in [2.45, 2.75) is 19.4 Å². The van der Waals surface area contributed by atoms with Gasteiger partial charge in [-0.1, -0.05) is 24.3 Å². The van der Waals surface area contributed by atoms with Crippen molar-refractivity contribution in [3.63, 3.8) is 0 Å². The lowest BCUT2D eigenvalue weighted by Crippen LogP contribution is -2.38. The summed E-state index contributed by atoms with van der Waals surface area (Å²) >= 11 is 0. The fraction of sp³-hybridized carbons (Fsp3) is 0.107. The zero-order valence-electron chi connectivity index (χ0n) is 19.4. The molecule has 0 aliphatic carbocycles. The normalized spacial score (nSPS) is 11.4. The van der Waals surface area contributed by atoms with E-state index in [-0.39, 0.29) is 6.42 Å². The number of amides is 2. The van der Waals surface area contributed by atoms with E-state index in [0.717, 1.165) is 5.56 Å². The van der Waals surface area contributed by atoms with Gasteiger partial charge in [-0.25, -0.2) is 8.78 Å². The Kier molecular flexibility index (Phi) is 7.65. The second kappa shape index (κ2) is 11.2. The predicted molar refractivity (Wildman–Crippen MR) is 132 cm³/mol. The van der Waals surface area contributed by atoms with Crippen LogP contribution in [0.2, 0.25) is 0 Å². The van der Waals surface area contributed by atoms with Crippen LogP contribution in [0.15, 0.2) is 91.3 Å². The molecule has 0 fully saturated rings. The van der Waals surface area contributed by atoms with E-state index in [4.69, 9.17) is 4.74 Å². The van der Waals surface area contributed by atoms with Gasteiger partial charge in [0.1, 0.15) is 23.1 Å². The number of nitrogens with zero attached hydrogens (tertiary/aromatic N) is 1. The maximum absolute atomic E-state index is 13.9. The Hall–Kier alpha value is -4.59. The first kappa shape index (κ1) is 24.5. The monoisotopic (exact) mass is 487 g/mol. The smallest absolute Gasteiger partial charge is 0.313 e. The van der Waals surface area contributed by atoms with Crippen LogP contribution in [0.4, 0.5) is 14.5 Å². The van der Waals surface area contributed by atoms with Crippen molar-refractivity contribution < 1.29 is 23.1 Å². The SMILES string of the molecule is Cc1cc(NC(=O)C(=O)NC(Cc2cccc(F)c2)c2cccc(F)c2)ccc1Oc1cccnc1. The molecule has 36 heavy (non-hydrogen) atoms. The third-order valence-electron chi connectivity index (χ3n) is 5.39. The number of rotatable bonds is 7. The molecule has 1 heterocycles. The molecule has 0 saturated heterocycles. The third kappa shape index (κ3) is 6.50. The molecular weight excluding hydrogens is 464 g/mol. The molecule has 3 aromatic carbocycles. The van der Waals surface area contributed by atoms with E-state index >= 15 is 0 Å². The van der Waals surface area contributed by atoms with Gasteiger partial charge in [0.25, 0.3) is 0 Å². The van der Waals surface area contributed by atoms with Crippen LogP contribution in [-0.4, -0.2) is 16.8 Å². The standard InChI is InChI=1S/C28H23F2N3O3/c1-18-13-23(10-11-26(18)36-24-9-4-12-31-17-24)32-27(34)28(35)33-25(20-6-3-8-22(30)16-20)15-19-5-2-7-21(29)14-19/h2-14,16-17,25H,15H2,1H3,(H,32,34)(H,33,35). The van der Waals surface area contributed by atoms with Gasteiger partial charge in [0.2, 0.25) is 0 Å². The number of halogens is 2. The number of pyridine rings is 1. The number of anilines is 1. The topological polar surface area (TPSA) is 80.3 Å². The van der Waals surface area contributed by atoms with Gasteiger partial charge in [-0.2, -0.15) is 0 Å². The molecule has 4 rings (SSSR count). The van der Waals surface area contributed by atoms with Crippen LogP contribution in [0.1, 0.15) is 22.7 Å². The van der Waals surface area contributed by atoms with Gasteiger partial charge in [0.15, 0.2) is 0 Å². The van der Waals surface area contributed by atoms with E-state index in [1.54, 1.807) is 67.8 Å². The Morgan fingerprint density at radius 2 is 1.69 bits per heavy atom. The molecule has 0 bridgehead atoms. The highest BCUT2D eigenvalue weighted by molar-refractivity contribution is 6.39. The first-order valence-electron chi connectivity index (χ1n) is 11.2. The molecule has 1 atom stereocenters. The summed E-state index contributed by atoms with van der Waals surface area (Å²) in [6.45, 7) is 1.81. The number of hydrogen-bond donors (Lipinski definition) is 2. The van der Waals surface area contributed by atoms with Crippen LogP contribution in [-0.2, 0) is 16.0 Å². The van der Waals surface area contributed by atoms with Crippen molar-refractivity contribution in [1.82, 2.24) is 10.3 Å². The molecule has 0 saturated carbocycles. The molecule has 0 spiro atoms. The number of carbonyl (C=O) groups is 2. The number of aryl methyl sites for hydroxylation is 1. The lowest BCUT2D eigenvalue weighted by molar-refractivity contribution is -0.136. The van der Waals surface area contributed by atoms with Crippen molar-refractivity contribution in [1.29, 1.82) is 0 Å². The molecule has 0 radical (unpaired) electrons. The number of nitrogens with one attached hydrogen (secondary N) is 2. The zero-order valence-corrected chi connectivity index (χ0v) is 19.4. The minimum absolute atomic E-state index is 0.166. The zero-order chi connectivity index (χ0) is 25.5. The molecule has 4 aromatic rings. The van der Waals surface area contributed by atoms with Gasteiger partial charge in [-0.05, 0) is 84.6 Å². The van der Waals surface area contributed by atoms with Gasteiger partial charge < -0.3 is 15.4 Å². The molecule has 2 N–H and O–H groups in total. The van der Waals surface area contributed by atoms with E-state index in [9.17, 15) is 18.4 Å². The van der Waals surface area contributed by atoms with Crippen LogP contribution in [0.25, 0.3) is 0 Å². The maximum Gasteiger partial charge on any atom is 0.313 e. The highest BCUT2D eigenvalue weighted by atomic mass is 19.1. The molecule has 2 amide bonds. The van der Waals surface area contributed by atoms with Crippen molar-refractivity contribution in [3.8, 4) is 11.5 Å². The quantitative estimate of drug-likeness (QED) is 0.338. The molecule has 1 unspecified atom stereocenters. The largest absolute Gasteiger partial charge is 0.455 e.